The Bertz CT molecular complexity index is 552. The van der Waals surface area contributed by atoms with Crippen LogP contribution in [0.1, 0.15) is 39.2 Å². The number of rotatable bonds is 5. The van der Waals surface area contributed by atoms with Gasteiger partial charge in [-0.1, -0.05) is 19.8 Å². The maximum Gasteiger partial charge on any atom is 0.182 e. The van der Waals surface area contributed by atoms with Crippen molar-refractivity contribution in [2.75, 3.05) is 5.73 Å². The van der Waals surface area contributed by atoms with Crippen LogP contribution in [0.3, 0.4) is 0 Å². The third-order valence-corrected chi connectivity index (χ3v) is 3.14. The lowest BCUT2D eigenvalue weighted by molar-refractivity contribution is 0.437. The van der Waals surface area contributed by atoms with E-state index in [-0.39, 0.29) is 11.7 Å². The van der Waals surface area contributed by atoms with E-state index < -0.39 is 5.82 Å². The predicted octanol–water partition coefficient (Wildman–Crippen LogP) is 2.81. The molecular formula is C13H18FN5. The van der Waals surface area contributed by atoms with Crippen molar-refractivity contribution < 1.29 is 4.39 Å². The highest BCUT2D eigenvalue weighted by atomic mass is 19.1. The molecule has 0 saturated heterocycles. The van der Waals surface area contributed by atoms with Gasteiger partial charge in [-0.3, -0.25) is 0 Å². The van der Waals surface area contributed by atoms with Gasteiger partial charge in [0.2, 0.25) is 0 Å². The van der Waals surface area contributed by atoms with Gasteiger partial charge in [-0.2, -0.15) is 0 Å². The normalized spacial score (nSPS) is 12.6. The van der Waals surface area contributed by atoms with Crippen LogP contribution in [0.25, 0.3) is 11.4 Å². The van der Waals surface area contributed by atoms with Crippen LogP contribution in [0.5, 0.6) is 0 Å². The second-order valence-corrected chi connectivity index (χ2v) is 4.67. The van der Waals surface area contributed by atoms with Crippen molar-refractivity contribution in [3.05, 3.63) is 24.0 Å². The molecule has 19 heavy (non-hydrogen) atoms. The minimum absolute atomic E-state index is 0.127. The van der Waals surface area contributed by atoms with Crippen LogP contribution in [0.15, 0.2) is 18.2 Å². The van der Waals surface area contributed by atoms with E-state index >= 15 is 0 Å². The number of halogens is 1. The number of aromatic nitrogens is 4. The third kappa shape index (κ3) is 2.89. The van der Waals surface area contributed by atoms with Crippen molar-refractivity contribution in [2.45, 2.75) is 39.2 Å². The van der Waals surface area contributed by atoms with E-state index in [1.807, 2.05) is 0 Å². The lowest BCUT2D eigenvalue weighted by atomic mass is 10.1. The van der Waals surface area contributed by atoms with Crippen LogP contribution < -0.4 is 5.73 Å². The minimum atomic E-state index is -0.451. The van der Waals surface area contributed by atoms with Crippen LogP contribution in [-0.2, 0) is 0 Å². The summed E-state index contributed by atoms with van der Waals surface area (Å²) in [7, 11) is 0. The maximum atomic E-state index is 13.5. The standard InChI is InChI=1S/C13H18FN5/c1-3-4-5-9(2)19-13(16-17-18-19)10-6-7-12(15)11(14)8-10/h6-9H,3-5,15H2,1-2H3. The summed E-state index contributed by atoms with van der Waals surface area (Å²) in [5.41, 5.74) is 6.24. The fourth-order valence-electron chi connectivity index (χ4n) is 1.97. The minimum Gasteiger partial charge on any atom is -0.396 e. The third-order valence-electron chi connectivity index (χ3n) is 3.14. The molecule has 0 aliphatic carbocycles. The van der Waals surface area contributed by atoms with Gasteiger partial charge in [0.1, 0.15) is 5.82 Å². The van der Waals surface area contributed by atoms with Crippen LogP contribution in [0.4, 0.5) is 10.1 Å². The highest BCUT2D eigenvalue weighted by Crippen LogP contribution is 2.24. The lowest BCUT2D eigenvalue weighted by Gasteiger charge is -2.13. The molecule has 1 unspecified atom stereocenters. The highest BCUT2D eigenvalue weighted by molar-refractivity contribution is 5.59. The summed E-state index contributed by atoms with van der Waals surface area (Å²) >= 11 is 0. The molecule has 0 amide bonds. The quantitative estimate of drug-likeness (QED) is 0.842. The van der Waals surface area contributed by atoms with Gasteiger partial charge in [0.15, 0.2) is 5.82 Å². The first kappa shape index (κ1) is 13.5. The number of unbranched alkanes of at least 4 members (excludes halogenated alkanes) is 1. The largest absolute Gasteiger partial charge is 0.396 e. The Kier molecular flexibility index (Phi) is 4.09. The molecule has 2 rings (SSSR count). The van der Waals surface area contributed by atoms with Gasteiger partial charge in [-0.05, 0) is 42.0 Å². The molecule has 1 heterocycles. The van der Waals surface area contributed by atoms with Crippen LogP contribution in [-0.4, -0.2) is 20.2 Å². The Labute approximate surface area is 111 Å². The van der Waals surface area contributed by atoms with Gasteiger partial charge in [0, 0.05) is 5.56 Å². The Morgan fingerprint density at radius 1 is 1.42 bits per heavy atom. The van der Waals surface area contributed by atoms with E-state index in [0.717, 1.165) is 19.3 Å². The van der Waals surface area contributed by atoms with Crippen molar-refractivity contribution in [1.82, 2.24) is 20.2 Å². The summed E-state index contributed by atoms with van der Waals surface area (Å²) in [6.45, 7) is 4.20. The molecule has 2 N–H and O–H groups in total. The molecule has 0 aliphatic heterocycles. The summed E-state index contributed by atoms with van der Waals surface area (Å²) in [5.74, 6) is 0.121. The first-order valence-electron chi connectivity index (χ1n) is 6.46. The topological polar surface area (TPSA) is 69.6 Å². The van der Waals surface area contributed by atoms with Gasteiger partial charge in [0.05, 0.1) is 11.7 Å². The molecule has 0 bridgehead atoms. The SMILES string of the molecule is CCCCC(C)n1nnnc1-c1ccc(N)c(F)c1. The average Bonchev–Trinajstić information content (AvgIpc) is 2.88. The molecular weight excluding hydrogens is 245 g/mol. The van der Waals surface area contributed by atoms with E-state index in [4.69, 9.17) is 5.73 Å². The van der Waals surface area contributed by atoms with Gasteiger partial charge in [0.25, 0.3) is 0 Å². The number of nitrogens with zero attached hydrogens (tertiary/aromatic N) is 4. The average molecular weight is 263 g/mol. The van der Waals surface area contributed by atoms with Gasteiger partial charge in [-0.15, -0.1) is 5.10 Å². The molecule has 0 radical (unpaired) electrons. The van der Waals surface area contributed by atoms with Crippen LogP contribution in [0.2, 0.25) is 0 Å². The van der Waals surface area contributed by atoms with Gasteiger partial charge >= 0.3 is 0 Å². The predicted molar refractivity (Wildman–Crippen MR) is 71.9 cm³/mol. The van der Waals surface area contributed by atoms with Crippen molar-refractivity contribution in [1.29, 1.82) is 0 Å². The lowest BCUT2D eigenvalue weighted by Crippen LogP contribution is -2.09. The summed E-state index contributed by atoms with van der Waals surface area (Å²) in [4.78, 5) is 0. The number of hydrogen-bond donors (Lipinski definition) is 1. The van der Waals surface area contributed by atoms with E-state index in [0.29, 0.717) is 11.4 Å². The molecule has 1 aromatic heterocycles. The smallest absolute Gasteiger partial charge is 0.182 e. The zero-order valence-electron chi connectivity index (χ0n) is 11.2. The first-order chi connectivity index (χ1) is 9.13. The van der Waals surface area contributed by atoms with E-state index in [1.165, 1.54) is 12.1 Å². The fraction of sp³-hybridized carbons (Fsp3) is 0.462. The monoisotopic (exact) mass is 263 g/mol. The molecule has 0 spiro atoms. The molecule has 0 aliphatic rings. The first-order valence-corrected chi connectivity index (χ1v) is 6.46. The van der Waals surface area contributed by atoms with E-state index in [9.17, 15) is 4.39 Å². The Morgan fingerprint density at radius 3 is 2.89 bits per heavy atom. The zero-order chi connectivity index (χ0) is 13.8. The molecule has 1 atom stereocenters. The Balaban J connectivity index is 2.30. The van der Waals surface area contributed by atoms with E-state index in [1.54, 1.807) is 10.7 Å². The van der Waals surface area contributed by atoms with Crippen molar-refractivity contribution in [2.24, 2.45) is 0 Å². The summed E-state index contributed by atoms with van der Waals surface area (Å²) < 4.78 is 15.2. The van der Waals surface area contributed by atoms with Crippen molar-refractivity contribution in [3.63, 3.8) is 0 Å². The molecule has 0 saturated carbocycles. The fourth-order valence-corrected chi connectivity index (χ4v) is 1.97. The van der Waals surface area contributed by atoms with Gasteiger partial charge in [-0.25, -0.2) is 9.07 Å². The number of nitrogens with two attached hydrogens (primary N) is 1. The highest BCUT2D eigenvalue weighted by Gasteiger charge is 2.15. The summed E-state index contributed by atoms with van der Waals surface area (Å²) in [6, 6.07) is 4.81. The molecule has 2 aromatic rings. The van der Waals surface area contributed by atoms with Crippen LogP contribution >= 0.6 is 0 Å². The molecule has 5 nitrogen and oxygen atoms in total. The zero-order valence-corrected chi connectivity index (χ0v) is 11.2. The molecule has 0 fully saturated rings. The summed E-state index contributed by atoms with van der Waals surface area (Å²) in [5, 5.41) is 11.7. The van der Waals surface area contributed by atoms with Crippen LogP contribution in [0, 0.1) is 5.82 Å². The number of nitrogen functional groups attached to an aromatic ring is 1. The number of anilines is 1. The number of benzene rings is 1. The van der Waals surface area contributed by atoms with Gasteiger partial charge < -0.3 is 5.73 Å². The molecule has 6 heteroatoms. The van der Waals surface area contributed by atoms with Crippen molar-refractivity contribution in [3.8, 4) is 11.4 Å². The van der Waals surface area contributed by atoms with E-state index in [2.05, 4.69) is 29.4 Å². The number of hydrogen-bond acceptors (Lipinski definition) is 4. The molecule has 102 valence electrons. The molecule has 1 aromatic carbocycles. The second-order valence-electron chi connectivity index (χ2n) is 4.67. The Morgan fingerprint density at radius 2 is 2.21 bits per heavy atom. The summed E-state index contributed by atoms with van der Waals surface area (Å²) in [6.07, 6.45) is 3.22. The van der Waals surface area contributed by atoms with Crippen molar-refractivity contribution >= 4 is 5.69 Å². The second kappa shape index (κ2) is 5.77. The maximum absolute atomic E-state index is 13.5. The number of tetrazole rings is 1. The Hall–Kier alpha value is -1.98.